The summed E-state index contributed by atoms with van der Waals surface area (Å²) in [6.45, 7) is 0. The number of hydrogen-bond acceptors (Lipinski definition) is 4. The van der Waals surface area contributed by atoms with Crippen LogP contribution in [0.15, 0.2) is 57.4 Å². The van der Waals surface area contributed by atoms with Gasteiger partial charge in [-0.1, -0.05) is 55.9 Å². The van der Waals surface area contributed by atoms with Crippen LogP contribution in [-0.2, 0) is 0 Å². The summed E-state index contributed by atoms with van der Waals surface area (Å²) < 4.78 is 7.42. The fourth-order valence-corrected chi connectivity index (χ4v) is 2.73. The van der Waals surface area contributed by atoms with Gasteiger partial charge in [-0.15, -0.1) is 0 Å². The number of benzene rings is 2. The summed E-state index contributed by atoms with van der Waals surface area (Å²) in [6.07, 6.45) is -0.658. The molecule has 0 bridgehead atoms. The monoisotopic (exact) mass is 341 g/mol. The molecule has 0 fully saturated rings. The van der Waals surface area contributed by atoms with E-state index in [2.05, 4.69) is 26.0 Å². The van der Waals surface area contributed by atoms with Gasteiger partial charge in [0.25, 0.3) is 0 Å². The van der Waals surface area contributed by atoms with Crippen molar-refractivity contribution in [2.75, 3.05) is 0 Å². The minimum absolute atomic E-state index is 0.189. The van der Waals surface area contributed by atoms with Crippen molar-refractivity contribution in [2.45, 2.75) is 0 Å². The van der Waals surface area contributed by atoms with Crippen LogP contribution in [0.5, 0.6) is 6.08 Å². The molecule has 0 saturated carbocycles. The smallest absolute Gasteiger partial charge is 0.416 e. The fraction of sp³-hybridized carbons (Fsp3) is 0. The van der Waals surface area contributed by atoms with Gasteiger partial charge in [-0.3, -0.25) is 0 Å². The first-order valence-corrected chi connectivity index (χ1v) is 7.06. The van der Waals surface area contributed by atoms with Crippen LogP contribution in [0.2, 0.25) is 0 Å². The van der Waals surface area contributed by atoms with Crippen LogP contribution in [0.25, 0.3) is 28.0 Å². The zero-order chi connectivity index (χ0) is 14.4. The Morgan fingerprint density at radius 2 is 1.90 bits per heavy atom. The molecule has 4 rings (SSSR count). The van der Waals surface area contributed by atoms with Gasteiger partial charge in [0.15, 0.2) is 11.2 Å². The lowest BCUT2D eigenvalue weighted by Crippen LogP contribution is -2.28. The fourth-order valence-electron chi connectivity index (χ4n) is 2.37. The summed E-state index contributed by atoms with van der Waals surface area (Å²) >= 11 is 3.47. The highest BCUT2D eigenvalue weighted by Crippen LogP contribution is 2.27. The molecular weight excluding hydrogens is 334 g/mol. The second-order valence-corrected chi connectivity index (χ2v) is 5.47. The Kier molecular flexibility index (Phi) is 2.65. The quantitative estimate of drug-likeness (QED) is 0.499. The second-order valence-electron chi connectivity index (χ2n) is 4.55. The van der Waals surface area contributed by atoms with Gasteiger partial charge in [0, 0.05) is 10.0 Å². The Labute approximate surface area is 127 Å². The van der Waals surface area contributed by atoms with Crippen LogP contribution >= 0.6 is 15.9 Å². The van der Waals surface area contributed by atoms with Gasteiger partial charge in [-0.05, 0) is 23.2 Å². The van der Waals surface area contributed by atoms with Gasteiger partial charge in [-0.2, -0.15) is 0 Å². The molecule has 2 aromatic heterocycles. The van der Waals surface area contributed by atoms with Crippen molar-refractivity contribution in [3.05, 3.63) is 53.0 Å². The minimum Gasteiger partial charge on any atom is -0.526 e. The van der Waals surface area contributed by atoms with Gasteiger partial charge in [0.05, 0.1) is 5.39 Å². The van der Waals surface area contributed by atoms with Crippen molar-refractivity contribution < 1.29 is 14.0 Å². The van der Waals surface area contributed by atoms with Gasteiger partial charge < -0.3 is 9.52 Å². The molecule has 0 atom stereocenters. The number of halogens is 1. The molecule has 5 nitrogen and oxygen atoms in total. The summed E-state index contributed by atoms with van der Waals surface area (Å²) in [6, 6.07) is 15.5. The van der Waals surface area contributed by atoms with Gasteiger partial charge in [0.2, 0.25) is 6.08 Å². The van der Waals surface area contributed by atoms with Gasteiger partial charge in [-0.25, -0.2) is 0 Å². The maximum atomic E-state index is 11.5. The number of rotatable bonds is 1. The summed E-state index contributed by atoms with van der Waals surface area (Å²) in [5, 5.41) is 16.2. The maximum absolute atomic E-state index is 11.5. The molecule has 4 aromatic rings. The van der Waals surface area contributed by atoms with Gasteiger partial charge >= 0.3 is 5.84 Å². The molecule has 6 heteroatoms. The summed E-state index contributed by atoms with van der Waals surface area (Å²) in [5.74, 6) is 0.189. The molecule has 0 unspecified atom stereocenters. The Morgan fingerprint density at radius 3 is 2.71 bits per heavy atom. The average molecular weight is 342 g/mol. The molecule has 0 aliphatic heterocycles. The second kappa shape index (κ2) is 4.53. The zero-order valence-corrected chi connectivity index (χ0v) is 12.2. The van der Waals surface area contributed by atoms with Crippen LogP contribution < -0.4 is 9.62 Å². The third-order valence-corrected chi connectivity index (χ3v) is 3.72. The molecule has 0 radical (unpaired) electrons. The Hall–Kier alpha value is -2.47. The number of hydrogen-bond donors (Lipinski definition) is 0. The summed E-state index contributed by atoms with van der Waals surface area (Å²) in [5.41, 5.74) is 2.46. The first-order chi connectivity index (χ1) is 10.2. The minimum atomic E-state index is -0.658. The van der Waals surface area contributed by atoms with Crippen LogP contribution in [-0.4, -0.2) is 10.1 Å². The average Bonchev–Trinajstić information content (AvgIpc) is 2.85. The van der Waals surface area contributed by atoms with E-state index in [1.807, 2.05) is 48.5 Å². The van der Waals surface area contributed by atoms with Crippen LogP contribution in [0.4, 0.5) is 0 Å². The lowest BCUT2D eigenvalue weighted by Gasteiger charge is -2.02. The van der Waals surface area contributed by atoms with E-state index >= 15 is 0 Å². The number of nitrogens with zero attached hydrogens (tertiary/aromatic N) is 3. The van der Waals surface area contributed by atoms with Crippen LogP contribution in [0.1, 0.15) is 0 Å². The van der Waals surface area contributed by atoms with E-state index in [1.165, 1.54) is 4.52 Å². The third-order valence-electron chi connectivity index (χ3n) is 3.23. The first-order valence-electron chi connectivity index (χ1n) is 6.27. The van der Waals surface area contributed by atoms with E-state index in [4.69, 9.17) is 4.42 Å². The van der Waals surface area contributed by atoms with Crippen molar-refractivity contribution in [3.63, 3.8) is 0 Å². The molecule has 21 heavy (non-hydrogen) atoms. The molecule has 0 amide bonds. The predicted molar refractivity (Wildman–Crippen MR) is 77.5 cm³/mol. The molecule has 0 N–H and O–H groups in total. The molecule has 0 aliphatic rings. The van der Waals surface area contributed by atoms with E-state index in [1.54, 1.807) is 0 Å². The lowest BCUT2D eigenvalue weighted by atomic mass is 10.1. The maximum Gasteiger partial charge on any atom is 0.416 e. The van der Waals surface area contributed by atoms with Crippen LogP contribution in [0, 0.1) is 0 Å². The topological polar surface area (TPSA) is 66.1 Å². The van der Waals surface area contributed by atoms with E-state index in [-0.39, 0.29) is 5.84 Å². The van der Waals surface area contributed by atoms with E-state index in [0.29, 0.717) is 0 Å². The highest BCUT2D eigenvalue weighted by atomic mass is 79.9. The Balaban J connectivity index is 2.23. The number of fused-ring (bicyclic) bond motifs is 2. The first kappa shape index (κ1) is 12.3. The van der Waals surface area contributed by atoms with E-state index in [0.717, 1.165) is 26.6 Å². The number of aromatic nitrogens is 3. The van der Waals surface area contributed by atoms with Crippen molar-refractivity contribution in [3.8, 4) is 17.3 Å². The predicted octanol–water partition coefficient (Wildman–Crippen LogP) is 2.46. The summed E-state index contributed by atoms with van der Waals surface area (Å²) in [4.78, 5) is 4.34. The lowest BCUT2D eigenvalue weighted by molar-refractivity contribution is -0.573. The van der Waals surface area contributed by atoms with E-state index in [9.17, 15) is 5.11 Å². The van der Waals surface area contributed by atoms with E-state index < -0.39 is 6.08 Å². The molecule has 102 valence electrons. The molecular formula is C15H8BrN3O2. The van der Waals surface area contributed by atoms with Gasteiger partial charge in [0.1, 0.15) is 0 Å². The van der Waals surface area contributed by atoms with Crippen molar-refractivity contribution in [1.82, 2.24) is 10.1 Å². The van der Waals surface area contributed by atoms with Crippen molar-refractivity contribution in [2.24, 2.45) is 0 Å². The largest absolute Gasteiger partial charge is 0.526 e. The van der Waals surface area contributed by atoms with Crippen LogP contribution in [0.3, 0.4) is 0 Å². The SMILES string of the molecule is [O-]c1n[n+]2c(-c3ccccc3)c3cc(Br)ccc3nc2o1. The third kappa shape index (κ3) is 1.95. The van der Waals surface area contributed by atoms with Crippen molar-refractivity contribution >= 4 is 32.7 Å². The zero-order valence-electron chi connectivity index (χ0n) is 10.7. The highest BCUT2D eigenvalue weighted by Gasteiger charge is 2.20. The standard InChI is InChI=1S/C15H8BrN3O2/c16-10-6-7-12-11(8-10)13(9-4-2-1-3-5-9)19-14(17-12)21-15(20)18-19/h1-8H. The molecule has 2 aromatic carbocycles. The Bertz CT molecular complexity index is 967. The highest BCUT2D eigenvalue weighted by molar-refractivity contribution is 9.10. The molecule has 0 spiro atoms. The summed E-state index contributed by atoms with van der Waals surface area (Å²) in [7, 11) is 0. The normalized spacial score (nSPS) is 11.3. The van der Waals surface area contributed by atoms with Crippen molar-refractivity contribution in [1.29, 1.82) is 0 Å². The Morgan fingerprint density at radius 1 is 1.10 bits per heavy atom. The molecule has 2 heterocycles. The molecule has 0 aliphatic carbocycles. The molecule has 0 saturated heterocycles.